The van der Waals surface area contributed by atoms with Gasteiger partial charge in [0.1, 0.15) is 13.1 Å². The fraction of sp³-hybridized carbons (Fsp3) is 1.00. The zero-order valence-corrected chi connectivity index (χ0v) is 4.81. The van der Waals surface area contributed by atoms with Crippen LogP contribution in [0.15, 0.2) is 0 Å². The van der Waals surface area contributed by atoms with Gasteiger partial charge in [0, 0.05) is 0 Å². The Morgan fingerprint density at radius 2 is 1.88 bits per heavy atom. The molecule has 2 nitrogen and oxygen atoms in total. The highest BCUT2D eigenvalue weighted by Crippen LogP contribution is 2.22. The first-order valence-corrected chi connectivity index (χ1v) is 3.07. The highest BCUT2D eigenvalue weighted by Gasteiger charge is 2.44. The van der Waals surface area contributed by atoms with Crippen molar-refractivity contribution in [1.29, 1.82) is 0 Å². The third kappa shape index (κ3) is 0.485. The lowest BCUT2D eigenvalue weighted by molar-refractivity contribution is -1.04. The Morgan fingerprint density at radius 1 is 1.25 bits per heavy atom. The van der Waals surface area contributed by atoms with Gasteiger partial charge in [-0.2, -0.15) is 0 Å². The van der Waals surface area contributed by atoms with Gasteiger partial charge in [0.05, 0.1) is 13.1 Å². The minimum absolute atomic E-state index is 0.181. The Kier molecular flexibility index (Phi) is 0.718. The predicted molar refractivity (Wildman–Crippen MR) is 27.5 cm³/mol. The van der Waals surface area contributed by atoms with Crippen LogP contribution in [0.5, 0.6) is 0 Å². The SMILES string of the molecule is F[N+]12CCN(CC1)C2. The predicted octanol–water partition coefficient (Wildman–Crippen LogP) is -0.0256. The van der Waals surface area contributed by atoms with E-state index in [-0.39, 0.29) is 4.71 Å². The highest BCUT2D eigenvalue weighted by molar-refractivity contribution is 4.65. The quantitative estimate of drug-likeness (QED) is 0.403. The minimum Gasteiger partial charge on any atom is -0.242 e. The van der Waals surface area contributed by atoms with Gasteiger partial charge in [0.15, 0.2) is 6.67 Å². The van der Waals surface area contributed by atoms with Crippen molar-refractivity contribution in [3.8, 4) is 0 Å². The van der Waals surface area contributed by atoms with E-state index in [1.807, 2.05) is 0 Å². The molecule has 2 rings (SSSR count). The van der Waals surface area contributed by atoms with E-state index in [0.29, 0.717) is 6.67 Å². The van der Waals surface area contributed by atoms with Gasteiger partial charge in [0.2, 0.25) is 0 Å². The van der Waals surface area contributed by atoms with E-state index < -0.39 is 0 Å². The molecule has 0 N–H and O–H groups in total. The number of quaternary nitrogens is 1. The van der Waals surface area contributed by atoms with Crippen LogP contribution in [0, 0.1) is 0 Å². The summed E-state index contributed by atoms with van der Waals surface area (Å²) in [4.78, 5) is 2.17. The van der Waals surface area contributed by atoms with Crippen LogP contribution in [-0.4, -0.2) is 42.5 Å². The molecule has 2 aliphatic heterocycles. The highest BCUT2D eigenvalue weighted by atomic mass is 19.2. The second-order valence-electron chi connectivity index (χ2n) is 2.74. The van der Waals surface area contributed by atoms with Crippen molar-refractivity contribution in [3.05, 3.63) is 0 Å². The Morgan fingerprint density at radius 3 is 2.00 bits per heavy atom. The van der Waals surface area contributed by atoms with Gasteiger partial charge in [-0.1, -0.05) is 0 Å². The van der Waals surface area contributed by atoms with E-state index in [1.165, 1.54) is 0 Å². The van der Waals surface area contributed by atoms with Crippen molar-refractivity contribution in [3.63, 3.8) is 0 Å². The molecule has 46 valence electrons. The van der Waals surface area contributed by atoms with Crippen LogP contribution < -0.4 is 0 Å². The molecule has 2 saturated heterocycles. The fourth-order valence-electron chi connectivity index (χ4n) is 1.51. The topological polar surface area (TPSA) is 3.24 Å². The molecule has 0 aromatic rings. The first-order chi connectivity index (χ1) is 3.79. The third-order valence-corrected chi connectivity index (χ3v) is 2.09. The molecule has 2 aliphatic rings. The number of rotatable bonds is 0. The average Bonchev–Trinajstić information content (AvgIpc) is 2.21. The van der Waals surface area contributed by atoms with E-state index in [2.05, 4.69) is 4.90 Å². The zero-order valence-electron chi connectivity index (χ0n) is 4.81. The number of fused-ring (bicyclic) bond motifs is 2. The third-order valence-electron chi connectivity index (χ3n) is 2.09. The number of piperazine rings is 1. The Hall–Kier alpha value is -0.150. The van der Waals surface area contributed by atoms with Crippen LogP contribution in [0.4, 0.5) is 4.48 Å². The van der Waals surface area contributed by atoms with Crippen LogP contribution in [0.25, 0.3) is 0 Å². The molecule has 2 bridgehead atoms. The Labute approximate surface area is 48.0 Å². The molecule has 0 radical (unpaired) electrons. The van der Waals surface area contributed by atoms with Crippen molar-refractivity contribution >= 4 is 0 Å². The Balaban J connectivity index is 2.19. The van der Waals surface area contributed by atoms with Crippen LogP contribution in [-0.2, 0) is 0 Å². The van der Waals surface area contributed by atoms with Gasteiger partial charge < -0.3 is 0 Å². The van der Waals surface area contributed by atoms with Crippen LogP contribution in [0.3, 0.4) is 0 Å². The summed E-state index contributed by atoms with van der Waals surface area (Å²) in [6, 6.07) is 0. The van der Waals surface area contributed by atoms with E-state index in [4.69, 9.17) is 0 Å². The van der Waals surface area contributed by atoms with Gasteiger partial charge >= 0.3 is 0 Å². The molecule has 0 saturated carbocycles. The van der Waals surface area contributed by atoms with Gasteiger partial charge in [-0.15, -0.1) is 4.71 Å². The summed E-state index contributed by atoms with van der Waals surface area (Å²) in [6.07, 6.45) is 0. The Bertz CT molecular complexity index is 107. The molecule has 8 heavy (non-hydrogen) atoms. The monoisotopic (exact) mass is 117 g/mol. The van der Waals surface area contributed by atoms with Crippen LogP contribution >= 0.6 is 0 Å². The largest absolute Gasteiger partial charge is 0.242 e. The summed E-state index contributed by atoms with van der Waals surface area (Å²) < 4.78 is 12.8. The molecule has 3 heteroatoms. The van der Waals surface area contributed by atoms with E-state index >= 15 is 0 Å². The molecule has 2 heterocycles. The maximum atomic E-state index is 13.0. The second-order valence-corrected chi connectivity index (χ2v) is 2.74. The second kappa shape index (κ2) is 1.22. The van der Waals surface area contributed by atoms with E-state index in [0.717, 1.165) is 26.2 Å². The van der Waals surface area contributed by atoms with Crippen molar-refractivity contribution in [2.45, 2.75) is 0 Å². The number of halogens is 1. The lowest BCUT2D eigenvalue weighted by atomic mass is 10.4. The van der Waals surface area contributed by atoms with Crippen LogP contribution in [0.2, 0.25) is 0 Å². The number of nitrogens with zero attached hydrogens (tertiary/aromatic N) is 2. The molecule has 0 amide bonds. The molecule has 0 unspecified atom stereocenters. The average molecular weight is 117 g/mol. The van der Waals surface area contributed by atoms with E-state index in [1.54, 1.807) is 0 Å². The summed E-state index contributed by atoms with van der Waals surface area (Å²) in [5.41, 5.74) is 0. The van der Waals surface area contributed by atoms with Gasteiger partial charge in [-0.3, -0.25) is 0 Å². The lowest BCUT2D eigenvalue weighted by Crippen LogP contribution is -2.36. The molecule has 2 fully saturated rings. The molecule has 0 atom stereocenters. The molecular weight excluding hydrogens is 107 g/mol. The standard InChI is InChI=1S/C5H10FN2/c6-8-3-1-7(5-8)2-4-8/h1-5H2/q+1. The fourth-order valence-corrected chi connectivity index (χ4v) is 1.51. The van der Waals surface area contributed by atoms with Crippen molar-refractivity contribution in [1.82, 2.24) is 4.90 Å². The molecule has 0 aromatic carbocycles. The minimum atomic E-state index is -0.181. The van der Waals surface area contributed by atoms with Crippen molar-refractivity contribution in [2.75, 3.05) is 32.8 Å². The van der Waals surface area contributed by atoms with Gasteiger partial charge in [-0.25, -0.2) is 4.90 Å². The molecule has 0 spiro atoms. The van der Waals surface area contributed by atoms with Crippen molar-refractivity contribution in [2.24, 2.45) is 0 Å². The summed E-state index contributed by atoms with van der Waals surface area (Å²) in [5, 5.41) is 0. The van der Waals surface area contributed by atoms with E-state index in [9.17, 15) is 4.48 Å². The first-order valence-electron chi connectivity index (χ1n) is 3.07. The lowest BCUT2D eigenvalue weighted by Gasteiger charge is -2.14. The molecular formula is C5H10FN2+. The van der Waals surface area contributed by atoms with Crippen LogP contribution in [0.1, 0.15) is 0 Å². The zero-order chi connectivity index (χ0) is 5.61. The number of hydrogen-bond acceptors (Lipinski definition) is 1. The normalized spacial score (nSPS) is 52.9. The maximum absolute atomic E-state index is 13.0. The summed E-state index contributed by atoms with van der Waals surface area (Å²) in [7, 11) is 0. The maximum Gasteiger partial charge on any atom is 0.171 e. The van der Waals surface area contributed by atoms with Gasteiger partial charge in [0.25, 0.3) is 0 Å². The smallest absolute Gasteiger partial charge is 0.171 e. The summed E-state index contributed by atoms with van der Waals surface area (Å²) in [6.45, 7) is 4.03. The molecule has 0 aliphatic carbocycles. The molecule has 0 aromatic heterocycles. The number of hydrogen-bond donors (Lipinski definition) is 0. The summed E-state index contributed by atoms with van der Waals surface area (Å²) in [5.74, 6) is 0. The van der Waals surface area contributed by atoms with Crippen molar-refractivity contribution < 1.29 is 9.19 Å². The van der Waals surface area contributed by atoms with Gasteiger partial charge in [-0.05, 0) is 4.48 Å². The first kappa shape index (κ1) is 4.70. The summed E-state index contributed by atoms with van der Waals surface area (Å²) >= 11 is 0.